The van der Waals surface area contributed by atoms with Crippen LogP contribution in [0.25, 0.3) is 0 Å². The lowest BCUT2D eigenvalue weighted by molar-refractivity contribution is -0.419. The number of ether oxygens (including phenoxy) is 4. The van der Waals surface area contributed by atoms with Crippen LogP contribution in [0.1, 0.15) is 0 Å². The number of nitro groups is 1. The maximum absolute atomic E-state index is 12.8. The molecule has 10 heteroatoms. The average Bonchev–Trinajstić information content (AvgIpc) is 3.12. The van der Waals surface area contributed by atoms with Crippen molar-refractivity contribution in [2.75, 3.05) is 52.6 Å². The SMILES string of the molecule is COCCOCCOC(/C=C1\C=C([N+](=O)[O-])C=C(OC)C1=O)=C1\Sc2ccccc2N1C. The van der Waals surface area contributed by atoms with E-state index in [0.717, 1.165) is 21.7 Å². The number of anilines is 1. The molecule has 1 aromatic rings. The predicted octanol–water partition coefficient (Wildman–Crippen LogP) is 3.28. The van der Waals surface area contributed by atoms with Gasteiger partial charge in [-0.2, -0.15) is 0 Å². The monoisotopic (exact) mass is 460 g/mol. The van der Waals surface area contributed by atoms with Gasteiger partial charge in [0.15, 0.2) is 11.5 Å². The van der Waals surface area contributed by atoms with E-state index in [1.54, 1.807) is 7.11 Å². The second-order valence-corrected chi connectivity index (χ2v) is 7.75. The molecule has 0 amide bonds. The summed E-state index contributed by atoms with van der Waals surface area (Å²) in [5.41, 5.74) is 0.858. The predicted molar refractivity (Wildman–Crippen MR) is 120 cm³/mol. The summed E-state index contributed by atoms with van der Waals surface area (Å²) in [6, 6.07) is 7.85. The second kappa shape index (κ2) is 11.0. The molecule has 0 saturated heterocycles. The molecule has 0 fully saturated rings. The minimum atomic E-state index is -0.567. The van der Waals surface area contributed by atoms with Gasteiger partial charge in [0, 0.05) is 30.7 Å². The number of rotatable bonds is 10. The first-order chi connectivity index (χ1) is 15.5. The van der Waals surface area contributed by atoms with E-state index in [9.17, 15) is 14.9 Å². The van der Waals surface area contributed by atoms with Gasteiger partial charge in [-0.25, -0.2) is 0 Å². The highest BCUT2D eigenvalue weighted by molar-refractivity contribution is 8.03. The molecule has 1 aliphatic carbocycles. The van der Waals surface area contributed by atoms with Crippen molar-refractivity contribution in [3.05, 3.63) is 80.4 Å². The van der Waals surface area contributed by atoms with Crippen LogP contribution < -0.4 is 4.90 Å². The molecule has 0 unspecified atom stereocenters. The van der Waals surface area contributed by atoms with Crippen molar-refractivity contribution in [2.24, 2.45) is 0 Å². The molecule has 0 atom stereocenters. The molecule has 1 aromatic carbocycles. The lowest BCUT2D eigenvalue weighted by Crippen LogP contribution is -2.17. The number of carbonyl (C=O) groups excluding carboxylic acids is 1. The number of fused-ring (bicyclic) bond motifs is 1. The third-order valence-corrected chi connectivity index (χ3v) is 5.88. The van der Waals surface area contributed by atoms with Crippen LogP contribution in [0.4, 0.5) is 5.69 Å². The smallest absolute Gasteiger partial charge is 0.274 e. The zero-order chi connectivity index (χ0) is 23.1. The second-order valence-electron chi connectivity index (χ2n) is 6.72. The largest absolute Gasteiger partial charge is 0.492 e. The van der Waals surface area contributed by atoms with Crippen LogP contribution in [0.3, 0.4) is 0 Å². The number of allylic oxidation sites excluding steroid dienone is 4. The van der Waals surface area contributed by atoms with Crippen molar-refractivity contribution in [3.8, 4) is 0 Å². The van der Waals surface area contributed by atoms with Gasteiger partial charge in [0.2, 0.25) is 5.78 Å². The molecule has 0 radical (unpaired) electrons. The number of para-hydroxylation sites is 1. The molecule has 0 bridgehead atoms. The first-order valence-corrected chi connectivity index (χ1v) is 10.6. The van der Waals surface area contributed by atoms with Crippen LogP contribution >= 0.6 is 11.8 Å². The molecule has 0 saturated carbocycles. The Kier molecular flexibility index (Phi) is 8.09. The minimum Gasteiger partial charge on any atom is -0.492 e. The fraction of sp³-hybridized carbons (Fsp3) is 0.318. The molecule has 170 valence electrons. The summed E-state index contributed by atoms with van der Waals surface area (Å²) in [5, 5.41) is 12.1. The summed E-state index contributed by atoms with van der Waals surface area (Å²) >= 11 is 1.49. The fourth-order valence-electron chi connectivity index (χ4n) is 3.05. The highest BCUT2D eigenvalue weighted by atomic mass is 32.2. The Bertz CT molecular complexity index is 1010. The van der Waals surface area contributed by atoms with E-state index < -0.39 is 10.7 Å². The van der Waals surface area contributed by atoms with E-state index in [4.69, 9.17) is 18.9 Å². The van der Waals surface area contributed by atoms with Crippen LogP contribution in [-0.4, -0.2) is 58.4 Å². The Hall–Kier alpha value is -3.08. The Balaban J connectivity index is 1.94. The third kappa shape index (κ3) is 5.39. The molecule has 9 nitrogen and oxygen atoms in total. The van der Waals surface area contributed by atoms with E-state index in [2.05, 4.69) is 0 Å². The Morgan fingerprint density at radius 2 is 1.91 bits per heavy atom. The summed E-state index contributed by atoms with van der Waals surface area (Å²) < 4.78 is 21.4. The molecular weight excluding hydrogens is 436 g/mol. The first kappa shape index (κ1) is 23.6. The molecule has 1 aliphatic heterocycles. The van der Waals surface area contributed by atoms with Crippen molar-refractivity contribution >= 4 is 23.2 Å². The topological polar surface area (TPSA) is 100 Å². The summed E-state index contributed by atoms with van der Waals surface area (Å²) in [6.07, 6.45) is 3.84. The van der Waals surface area contributed by atoms with Crippen LogP contribution in [0.15, 0.2) is 75.2 Å². The van der Waals surface area contributed by atoms with Crippen LogP contribution in [0, 0.1) is 10.1 Å². The number of carbonyl (C=O) groups is 1. The van der Waals surface area contributed by atoms with Gasteiger partial charge in [-0.15, -0.1) is 0 Å². The van der Waals surface area contributed by atoms with Crippen molar-refractivity contribution in [1.82, 2.24) is 0 Å². The normalized spacial score (nSPS) is 18.3. The minimum absolute atomic E-state index is 0.101. The van der Waals surface area contributed by atoms with E-state index in [1.165, 1.54) is 31.0 Å². The lowest BCUT2D eigenvalue weighted by atomic mass is 10.0. The number of Topliss-reactive ketones (excluding diaryl/α,β-unsaturated/α-hetero) is 1. The molecule has 32 heavy (non-hydrogen) atoms. The number of benzene rings is 1. The Morgan fingerprint density at radius 3 is 2.59 bits per heavy atom. The Morgan fingerprint density at radius 1 is 1.16 bits per heavy atom. The van der Waals surface area contributed by atoms with Gasteiger partial charge >= 0.3 is 0 Å². The van der Waals surface area contributed by atoms with Crippen molar-refractivity contribution in [1.29, 1.82) is 0 Å². The van der Waals surface area contributed by atoms with Gasteiger partial charge in [-0.05, 0) is 18.2 Å². The zero-order valence-electron chi connectivity index (χ0n) is 18.0. The summed E-state index contributed by atoms with van der Waals surface area (Å²) in [5.74, 6) is -0.156. The number of nitrogens with zero attached hydrogens (tertiary/aromatic N) is 2. The summed E-state index contributed by atoms with van der Waals surface area (Å²) in [6.45, 7) is 1.45. The van der Waals surface area contributed by atoms with Gasteiger partial charge in [0.1, 0.15) is 11.6 Å². The van der Waals surface area contributed by atoms with Crippen LogP contribution in [-0.2, 0) is 23.7 Å². The standard InChI is InChI=1S/C22H24N2O7S/c1-23-17-6-4-5-7-20(17)32-22(23)19(31-11-10-30-9-8-28-2)13-15-12-16(24(26)27)14-18(29-3)21(15)25/h4-7,12-14H,8-11H2,1-3H3/b15-13+,22-19-. The molecule has 3 rings (SSSR count). The van der Waals surface area contributed by atoms with Crippen molar-refractivity contribution in [2.45, 2.75) is 4.90 Å². The van der Waals surface area contributed by atoms with Crippen LogP contribution in [0.2, 0.25) is 0 Å². The van der Waals surface area contributed by atoms with E-state index >= 15 is 0 Å². The molecule has 1 heterocycles. The van der Waals surface area contributed by atoms with Crippen LogP contribution in [0.5, 0.6) is 0 Å². The van der Waals surface area contributed by atoms with Gasteiger partial charge in [-0.1, -0.05) is 23.9 Å². The fourth-order valence-corrected chi connectivity index (χ4v) is 4.17. The number of thioether (sulfide) groups is 1. The van der Waals surface area contributed by atoms with Crippen molar-refractivity contribution < 1.29 is 28.7 Å². The zero-order valence-corrected chi connectivity index (χ0v) is 18.8. The molecule has 0 aromatic heterocycles. The molecule has 0 N–H and O–H groups in total. The van der Waals surface area contributed by atoms with Gasteiger partial charge in [0.25, 0.3) is 5.70 Å². The Labute approximate surface area is 190 Å². The third-order valence-electron chi connectivity index (χ3n) is 4.65. The van der Waals surface area contributed by atoms with Gasteiger partial charge in [-0.3, -0.25) is 14.9 Å². The first-order valence-electron chi connectivity index (χ1n) is 9.78. The number of ketones is 1. The quantitative estimate of drug-likeness (QED) is 0.171. The summed E-state index contributed by atoms with van der Waals surface area (Å²) in [4.78, 5) is 26.5. The van der Waals surface area contributed by atoms with E-state index in [0.29, 0.717) is 25.6 Å². The highest BCUT2D eigenvalue weighted by Crippen LogP contribution is 2.46. The van der Waals surface area contributed by atoms with E-state index in [1.807, 2.05) is 36.2 Å². The van der Waals surface area contributed by atoms with E-state index in [-0.39, 0.29) is 23.6 Å². The van der Waals surface area contributed by atoms with Gasteiger partial charge < -0.3 is 23.8 Å². The van der Waals surface area contributed by atoms with Gasteiger partial charge in [0.05, 0.1) is 43.6 Å². The molecule has 0 spiro atoms. The molecule has 2 aliphatic rings. The molecular formula is C22H24N2O7S. The maximum Gasteiger partial charge on any atom is 0.274 e. The number of methoxy groups -OCH3 is 2. The average molecular weight is 461 g/mol. The number of hydrogen-bond donors (Lipinski definition) is 0. The lowest BCUT2D eigenvalue weighted by Gasteiger charge is -2.18. The highest BCUT2D eigenvalue weighted by Gasteiger charge is 2.29. The maximum atomic E-state index is 12.8. The number of hydrogen-bond acceptors (Lipinski definition) is 9. The summed E-state index contributed by atoms with van der Waals surface area (Å²) in [7, 11) is 4.79. The van der Waals surface area contributed by atoms with Crippen molar-refractivity contribution in [3.63, 3.8) is 0 Å².